The summed E-state index contributed by atoms with van der Waals surface area (Å²) in [7, 11) is 1.99. The Morgan fingerprint density at radius 3 is 2.26 bits per heavy atom. The minimum absolute atomic E-state index is 0.986. The molecule has 0 aliphatic heterocycles. The van der Waals surface area contributed by atoms with Crippen molar-refractivity contribution in [1.82, 2.24) is 15.1 Å². The Kier molecular flexibility index (Phi) is 4.05. The molecule has 2 aromatic rings. The average molecular weight is 257 g/mol. The van der Waals surface area contributed by atoms with Gasteiger partial charge >= 0.3 is 0 Å². The van der Waals surface area contributed by atoms with E-state index in [1.807, 2.05) is 7.05 Å². The first-order chi connectivity index (χ1) is 9.02. The molecule has 0 aliphatic carbocycles. The quantitative estimate of drug-likeness (QED) is 0.912. The van der Waals surface area contributed by atoms with E-state index in [1.165, 1.54) is 22.4 Å². The van der Waals surface area contributed by atoms with E-state index in [4.69, 9.17) is 5.10 Å². The molecular weight excluding hydrogens is 234 g/mol. The van der Waals surface area contributed by atoms with Crippen LogP contribution in [0.4, 0.5) is 0 Å². The number of nitrogens with zero attached hydrogens (tertiary/aromatic N) is 2. The molecule has 1 heterocycles. The lowest BCUT2D eigenvalue weighted by molar-refractivity contribution is 0.783. The molecule has 3 nitrogen and oxygen atoms in total. The lowest BCUT2D eigenvalue weighted by Gasteiger charge is -2.08. The Balaban J connectivity index is 2.45. The van der Waals surface area contributed by atoms with Crippen molar-refractivity contribution >= 4 is 0 Å². The van der Waals surface area contributed by atoms with Gasteiger partial charge in [-0.1, -0.05) is 6.07 Å². The number of rotatable bonds is 4. The van der Waals surface area contributed by atoms with Gasteiger partial charge in [0, 0.05) is 5.69 Å². The van der Waals surface area contributed by atoms with E-state index in [0.717, 1.165) is 24.3 Å². The number of likely N-dealkylation sites (N-methyl/N-ethyl adjacent to an activating group) is 1. The van der Waals surface area contributed by atoms with Crippen LogP contribution < -0.4 is 5.32 Å². The van der Waals surface area contributed by atoms with Crippen molar-refractivity contribution in [1.29, 1.82) is 0 Å². The van der Waals surface area contributed by atoms with E-state index in [-0.39, 0.29) is 0 Å². The molecular formula is C16H23N3. The van der Waals surface area contributed by atoms with Crippen LogP contribution in [-0.4, -0.2) is 23.4 Å². The summed E-state index contributed by atoms with van der Waals surface area (Å²) in [5, 5.41) is 7.91. The Bertz CT molecular complexity index is 562. The van der Waals surface area contributed by atoms with Gasteiger partial charge in [0.25, 0.3) is 0 Å². The van der Waals surface area contributed by atoms with Gasteiger partial charge < -0.3 is 5.32 Å². The highest BCUT2D eigenvalue weighted by Crippen LogP contribution is 2.20. The molecule has 2 rings (SSSR count). The summed E-state index contributed by atoms with van der Waals surface area (Å²) >= 11 is 0. The number of benzene rings is 1. The average Bonchev–Trinajstić information content (AvgIpc) is 2.61. The van der Waals surface area contributed by atoms with Crippen molar-refractivity contribution in [2.45, 2.75) is 34.1 Å². The second-order valence-corrected chi connectivity index (χ2v) is 5.26. The molecule has 0 unspecified atom stereocenters. The van der Waals surface area contributed by atoms with E-state index < -0.39 is 0 Å². The molecule has 1 aromatic carbocycles. The number of hydrogen-bond acceptors (Lipinski definition) is 2. The standard InChI is InChI=1S/C16H23N3/c1-11-8-12(2)10-15(9-11)19-14(4)16(6-7-17-5)13(3)18-19/h8-10,17H,6-7H2,1-5H3. The second-order valence-electron chi connectivity index (χ2n) is 5.26. The summed E-state index contributed by atoms with van der Waals surface area (Å²) in [6.07, 6.45) is 1.03. The van der Waals surface area contributed by atoms with E-state index in [2.05, 4.69) is 55.9 Å². The summed E-state index contributed by atoms with van der Waals surface area (Å²) in [6.45, 7) is 9.49. The normalized spacial score (nSPS) is 11.0. The summed E-state index contributed by atoms with van der Waals surface area (Å²) in [5.74, 6) is 0. The molecule has 0 aliphatic rings. The first kappa shape index (κ1) is 13.8. The van der Waals surface area contributed by atoms with Gasteiger partial charge in [-0.25, -0.2) is 4.68 Å². The molecule has 1 N–H and O–H groups in total. The Morgan fingerprint density at radius 1 is 1.05 bits per heavy atom. The molecule has 102 valence electrons. The van der Waals surface area contributed by atoms with Crippen LogP contribution in [0.15, 0.2) is 18.2 Å². The SMILES string of the molecule is CNCCc1c(C)nn(-c2cc(C)cc(C)c2)c1C. The highest BCUT2D eigenvalue weighted by molar-refractivity contribution is 5.42. The third-order valence-corrected chi connectivity index (χ3v) is 3.52. The molecule has 0 atom stereocenters. The summed E-state index contributed by atoms with van der Waals surface area (Å²) in [5.41, 5.74) is 7.45. The number of aryl methyl sites for hydroxylation is 3. The van der Waals surface area contributed by atoms with Crippen LogP contribution in [0.25, 0.3) is 5.69 Å². The molecule has 3 heteroatoms. The molecule has 0 fully saturated rings. The van der Waals surface area contributed by atoms with Crippen LogP contribution in [-0.2, 0) is 6.42 Å². The van der Waals surface area contributed by atoms with Crippen molar-refractivity contribution < 1.29 is 0 Å². The largest absolute Gasteiger partial charge is 0.319 e. The van der Waals surface area contributed by atoms with Gasteiger partial charge in [0.15, 0.2) is 0 Å². The molecule has 0 amide bonds. The van der Waals surface area contributed by atoms with Crippen LogP contribution in [0.3, 0.4) is 0 Å². The van der Waals surface area contributed by atoms with Gasteiger partial charge in [-0.05, 0) is 76.5 Å². The molecule has 1 aromatic heterocycles. The maximum atomic E-state index is 4.70. The molecule has 0 bridgehead atoms. The van der Waals surface area contributed by atoms with Gasteiger partial charge in [0.2, 0.25) is 0 Å². The predicted molar refractivity (Wildman–Crippen MR) is 80.1 cm³/mol. The van der Waals surface area contributed by atoms with E-state index in [9.17, 15) is 0 Å². The van der Waals surface area contributed by atoms with Gasteiger partial charge in [-0.3, -0.25) is 0 Å². The fourth-order valence-corrected chi connectivity index (χ4v) is 2.61. The van der Waals surface area contributed by atoms with Crippen LogP contribution in [0.1, 0.15) is 28.1 Å². The van der Waals surface area contributed by atoms with Gasteiger partial charge in [-0.15, -0.1) is 0 Å². The molecule has 19 heavy (non-hydrogen) atoms. The van der Waals surface area contributed by atoms with Gasteiger partial charge in [-0.2, -0.15) is 5.10 Å². The van der Waals surface area contributed by atoms with Crippen molar-refractivity contribution in [2.24, 2.45) is 0 Å². The number of hydrogen-bond donors (Lipinski definition) is 1. The first-order valence-electron chi connectivity index (χ1n) is 6.81. The lowest BCUT2D eigenvalue weighted by Crippen LogP contribution is -2.11. The zero-order valence-electron chi connectivity index (χ0n) is 12.5. The second kappa shape index (κ2) is 5.57. The van der Waals surface area contributed by atoms with Crippen molar-refractivity contribution in [3.05, 3.63) is 46.3 Å². The molecule has 0 saturated carbocycles. The van der Waals surface area contributed by atoms with Crippen LogP contribution >= 0.6 is 0 Å². The fraction of sp³-hybridized carbons (Fsp3) is 0.438. The zero-order chi connectivity index (χ0) is 14.0. The molecule has 0 spiro atoms. The fourth-order valence-electron chi connectivity index (χ4n) is 2.61. The third kappa shape index (κ3) is 2.87. The zero-order valence-corrected chi connectivity index (χ0v) is 12.5. The van der Waals surface area contributed by atoms with Gasteiger partial charge in [0.1, 0.15) is 0 Å². The topological polar surface area (TPSA) is 29.9 Å². The Hall–Kier alpha value is -1.61. The minimum Gasteiger partial charge on any atom is -0.319 e. The van der Waals surface area contributed by atoms with E-state index in [0.29, 0.717) is 0 Å². The highest BCUT2D eigenvalue weighted by atomic mass is 15.3. The smallest absolute Gasteiger partial charge is 0.0654 e. The summed E-state index contributed by atoms with van der Waals surface area (Å²) in [6, 6.07) is 6.57. The number of nitrogens with one attached hydrogen (secondary N) is 1. The van der Waals surface area contributed by atoms with Crippen molar-refractivity contribution in [2.75, 3.05) is 13.6 Å². The highest BCUT2D eigenvalue weighted by Gasteiger charge is 2.12. The number of aromatic nitrogens is 2. The summed E-state index contributed by atoms with van der Waals surface area (Å²) < 4.78 is 2.07. The third-order valence-electron chi connectivity index (χ3n) is 3.52. The minimum atomic E-state index is 0.986. The Morgan fingerprint density at radius 2 is 1.68 bits per heavy atom. The Labute approximate surface area is 115 Å². The van der Waals surface area contributed by atoms with Gasteiger partial charge in [0.05, 0.1) is 11.4 Å². The molecule has 0 radical (unpaired) electrons. The van der Waals surface area contributed by atoms with Crippen LogP contribution in [0, 0.1) is 27.7 Å². The predicted octanol–water partition coefficient (Wildman–Crippen LogP) is 2.87. The van der Waals surface area contributed by atoms with Crippen LogP contribution in [0.2, 0.25) is 0 Å². The van der Waals surface area contributed by atoms with Crippen LogP contribution in [0.5, 0.6) is 0 Å². The van der Waals surface area contributed by atoms with E-state index in [1.54, 1.807) is 0 Å². The van der Waals surface area contributed by atoms with Crippen molar-refractivity contribution in [3.63, 3.8) is 0 Å². The van der Waals surface area contributed by atoms with Crippen molar-refractivity contribution in [3.8, 4) is 5.69 Å². The maximum Gasteiger partial charge on any atom is 0.0654 e. The summed E-state index contributed by atoms with van der Waals surface area (Å²) in [4.78, 5) is 0. The maximum absolute atomic E-state index is 4.70. The molecule has 0 saturated heterocycles. The first-order valence-corrected chi connectivity index (χ1v) is 6.81. The monoisotopic (exact) mass is 257 g/mol. The lowest BCUT2D eigenvalue weighted by atomic mass is 10.1. The van der Waals surface area contributed by atoms with E-state index >= 15 is 0 Å².